The van der Waals surface area contributed by atoms with Gasteiger partial charge in [0.15, 0.2) is 6.10 Å². The normalized spacial score (nSPS) is 12.0. The number of carboxylic acid groups (broad SMARTS) is 1. The third-order valence-corrected chi connectivity index (χ3v) is 3.76. The van der Waals surface area contributed by atoms with Crippen LogP contribution in [-0.4, -0.2) is 17.2 Å². The average molecular weight is 346 g/mol. The quantitative estimate of drug-likeness (QED) is 0.852. The lowest BCUT2D eigenvalue weighted by Crippen LogP contribution is -2.29. The maximum atomic E-state index is 11.3. The second-order valence-electron chi connectivity index (χ2n) is 4.35. The van der Waals surface area contributed by atoms with Crippen LogP contribution < -0.4 is 4.74 Å². The van der Waals surface area contributed by atoms with Crippen LogP contribution in [0.5, 0.6) is 5.75 Å². The highest BCUT2D eigenvalue weighted by Crippen LogP contribution is 2.24. The van der Waals surface area contributed by atoms with Crippen molar-refractivity contribution in [2.24, 2.45) is 0 Å². The molecule has 2 aromatic rings. The summed E-state index contributed by atoms with van der Waals surface area (Å²) in [4.78, 5) is 11.3. The fourth-order valence-electron chi connectivity index (χ4n) is 1.74. The molecule has 0 aliphatic rings. The van der Waals surface area contributed by atoms with Crippen molar-refractivity contribution in [1.29, 1.82) is 0 Å². The lowest BCUT2D eigenvalue weighted by molar-refractivity contribution is -0.145. The molecule has 110 valence electrons. The van der Waals surface area contributed by atoms with Crippen LogP contribution in [0, 0.1) is 0 Å². The largest absolute Gasteiger partial charge is 0.478 e. The van der Waals surface area contributed by atoms with Crippen LogP contribution in [0.1, 0.15) is 5.56 Å². The summed E-state index contributed by atoms with van der Waals surface area (Å²) >= 11 is 17.5. The van der Waals surface area contributed by atoms with Gasteiger partial charge < -0.3 is 9.84 Å². The SMILES string of the molecule is O=C(O)[C@H](Cc1ccc(Cl)c(Cl)c1)Oc1ccc(Cl)cc1. The summed E-state index contributed by atoms with van der Waals surface area (Å²) < 4.78 is 5.47. The lowest BCUT2D eigenvalue weighted by Gasteiger charge is -2.15. The van der Waals surface area contributed by atoms with E-state index in [0.717, 1.165) is 5.56 Å². The summed E-state index contributed by atoms with van der Waals surface area (Å²) in [6.07, 6.45) is -0.849. The van der Waals surface area contributed by atoms with Gasteiger partial charge in [-0.05, 0) is 42.0 Å². The number of hydrogen-bond acceptors (Lipinski definition) is 2. The molecule has 0 spiro atoms. The molecule has 0 unspecified atom stereocenters. The molecule has 0 saturated carbocycles. The highest BCUT2D eigenvalue weighted by molar-refractivity contribution is 6.42. The van der Waals surface area contributed by atoms with Gasteiger partial charge in [0.2, 0.25) is 0 Å². The highest BCUT2D eigenvalue weighted by atomic mass is 35.5. The molecule has 1 N–H and O–H groups in total. The van der Waals surface area contributed by atoms with Gasteiger partial charge in [-0.15, -0.1) is 0 Å². The Labute approximate surface area is 137 Å². The zero-order valence-electron chi connectivity index (χ0n) is 10.7. The van der Waals surface area contributed by atoms with E-state index in [2.05, 4.69) is 0 Å². The number of ether oxygens (including phenoxy) is 1. The summed E-state index contributed by atoms with van der Waals surface area (Å²) in [5.41, 5.74) is 0.728. The zero-order valence-corrected chi connectivity index (χ0v) is 13.0. The minimum Gasteiger partial charge on any atom is -0.478 e. The molecule has 0 radical (unpaired) electrons. The monoisotopic (exact) mass is 344 g/mol. The first-order valence-corrected chi connectivity index (χ1v) is 7.18. The standard InChI is InChI=1S/C15H11Cl3O3/c16-10-2-4-11(5-3-10)21-14(15(19)20)8-9-1-6-12(17)13(18)7-9/h1-7,14H,8H2,(H,19,20)/t14-/m0/s1. The minimum atomic E-state index is -1.06. The van der Waals surface area contributed by atoms with Crippen molar-refractivity contribution < 1.29 is 14.6 Å². The minimum absolute atomic E-state index is 0.175. The Kier molecular flexibility index (Phi) is 5.34. The fraction of sp³-hybridized carbons (Fsp3) is 0.133. The van der Waals surface area contributed by atoms with Gasteiger partial charge in [0.25, 0.3) is 0 Å². The molecule has 2 rings (SSSR count). The van der Waals surface area contributed by atoms with Gasteiger partial charge >= 0.3 is 5.97 Å². The Morgan fingerprint density at radius 2 is 1.71 bits per heavy atom. The number of benzene rings is 2. The van der Waals surface area contributed by atoms with Crippen molar-refractivity contribution in [3.63, 3.8) is 0 Å². The van der Waals surface area contributed by atoms with Crippen LogP contribution in [-0.2, 0) is 11.2 Å². The fourth-order valence-corrected chi connectivity index (χ4v) is 2.18. The van der Waals surface area contributed by atoms with Gasteiger partial charge in [-0.3, -0.25) is 0 Å². The second-order valence-corrected chi connectivity index (χ2v) is 5.60. The van der Waals surface area contributed by atoms with Gasteiger partial charge in [0.1, 0.15) is 5.75 Å². The molecule has 21 heavy (non-hydrogen) atoms. The molecule has 0 heterocycles. The van der Waals surface area contributed by atoms with Crippen LogP contribution in [0.2, 0.25) is 15.1 Å². The maximum absolute atomic E-state index is 11.3. The van der Waals surface area contributed by atoms with E-state index in [-0.39, 0.29) is 6.42 Å². The van der Waals surface area contributed by atoms with E-state index < -0.39 is 12.1 Å². The first kappa shape index (κ1) is 16.0. The summed E-state index contributed by atoms with van der Waals surface area (Å²) in [5, 5.41) is 10.6. The molecule has 0 amide bonds. The van der Waals surface area contributed by atoms with Crippen LogP contribution in [0.25, 0.3) is 0 Å². The molecule has 0 saturated heterocycles. The molecule has 0 bridgehead atoms. The smallest absolute Gasteiger partial charge is 0.345 e. The van der Waals surface area contributed by atoms with Crippen LogP contribution in [0.15, 0.2) is 42.5 Å². The summed E-state index contributed by atoms with van der Waals surface area (Å²) in [6, 6.07) is 11.5. The van der Waals surface area contributed by atoms with Crippen molar-refractivity contribution in [2.75, 3.05) is 0 Å². The number of rotatable bonds is 5. The van der Waals surface area contributed by atoms with Crippen molar-refractivity contribution in [3.8, 4) is 5.75 Å². The second kappa shape index (κ2) is 7.03. The number of halogens is 3. The van der Waals surface area contributed by atoms with E-state index in [1.54, 1.807) is 42.5 Å². The van der Waals surface area contributed by atoms with E-state index in [1.165, 1.54) is 0 Å². The molecule has 0 aliphatic heterocycles. The molecule has 0 aliphatic carbocycles. The molecule has 0 fully saturated rings. The maximum Gasteiger partial charge on any atom is 0.345 e. The number of aliphatic carboxylic acids is 1. The highest BCUT2D eigenvalue weighted by Gasteiger charge is 2.20. The summed E-state index contributed by atoms with van der Waals surface area (Å²) in [6.45, 7) is 0. The van der Waals surface area contributed by atoms with Crippen molar-refractivity contribution in [2.45, 2.75) is 12.5 Å². The molecular formula is C15H11Cl3O3. The molecule has 2 aromatic carbocycles. The van der Waals surface area contributed by atoms with Crippen molar-refractivity contribution in [3.05, 3.63) is 63.1 Å². The van der Waals surface area contributed by atoms with E-state index >= 15 is 0 Å². The van der Waals surface area contributed by atoms with E-state index in [0.29, 0.717) is 20.8 Å². The third-order valence-electron chi connectivity index (χ3n) is 2.77. The van der Waals surface area contributed by atoms with Crippen molar-refractivity contribution >= 4 is 40.8 Å². The molecule has 0 aromatic heterocycles. The third kappa shape index (κ3) is 4.53. The topological polar surface area (TPSA) is 46.5 Å². The zero-order chi connectivity index (χ0) is 15.4. The lowest BCUT2D eigenvalue weighted by atomic mass is 10.1. The van der Waals surface area contributed by atoms with E-state index in [4.69, 9.17) is 39.5 Å². The Morgan fingerprint density at radius 1 is 1.05 bits per heavy atom. The predicted molar refractivity (Wildman–Crippen MR) is 83.7 cm³/mol. The molecule has 1 atom stereocenters. The first-order chi connectivity index (χ1) is 9.95. The molecule has 3 nitrogen and oxygen atoms in total. The summed E-state index contributed by atoms with van der Waals surface area (Å²) in [7, 11) is 0. The summed E-state index contributed by atoms with van der Waals surface area (Å²) in [5.74, 6) is -0.622. The van der Waals surface area contributed by atoms with Gasteiger partial charge in [0.05, 0.1) is 10.0 Å². The number of carboxylic acids is 1. The molecule has 6 heteroatoms. The van der Waals surface area contributed by atoms with Crippen LogP contribution >= 0.6 is 34.8 Å². The Hall–Kier alpha value is -1.42. The number of hydrogen-bond donors (Lipinski definition) is 1. The van der Waals surface area contributed by atoms with Crippen LogP contribution in [0.4, 0.5) is 0 Å². The first-order valence-electron chi connectivity index (χ1n) is 6.04. The predicted octanol–water partition coefficient (Wildman–Crippen LogP) is 4.72. The Morgan fingerprint density at radius 3 is 2.29 bits per heavy atom. The number of carbonyl (C=O) groups is 1. The van der Waals surface area contributed by atoms with Gasteiger partial charge in [-0.2, -0.15) is 0 Å². The van der Waals surface area contributed by atoms with Crippen LogP contribution in [0.3, 0.4) is 0 Å². The van der Waals surface area contributed by atoms with Gasteiger partial charge in [0, 0.05) is 11.4 Å². The van der Waals surface area contributed by atoms with Gasteiger partial charge in [-0.1, -0.05) is 40.9 Å². The van der Waals surface area contributed by atoms with Crippen molar-refractivity contribution in [1.82, 2.24) is 0 Å². The van der Waals surface area contributed by atoms with Gasteiger partial charge in [-0.25, -0.2) is 4.79 Å². The van der Waals surface area contributed by atoms with E-state index in [1.807, 2.05) is 0 Å². The van der Waals surface area contributed by atoms with E-state index in [9.17, 15) is 9.90 Å². The Balaban J connectivity index is 2.13. The molecular weight excluding hydrogens is 335 g/mol. The Bertz CT molecular complexity index is 641. The average Bonchev–Trinajstić information content (AvgIpc) is 2.44.